The monoisotopic (exact) mass is 403 g/mol. The van der Waals surface area contributed by atoms with Crippen LogP contribution in [0, 0.1) is 6.92 Å². The molecule has 9 heteroatoms. The first-order valence-corrected chi connectivity index (χ1v) is 10.6. The maximum absolute atomic E-state index is 12.8. The predicted molar refractivity (Wildman–Crippen MR) is 101 cm³/mol. The highest BCUT2D eigenvalue weighted by molar-refractivity contribution is 7.91. The summed E-state index contributed by atoms with van der Waals surface area (Å²) in [4.78, 5) is 11.9. The predicted octanol–water partition coefficient (Wildman–Crippen LogP) is 2.53. The van der Waals surface area contributed by atoms with Crippen molar-refractivity contribution >= 4 is 27.3 Å². The minimum absolute atomic E-state index is 0.0602. The van der Waals surface area contributed by atoms with Crippen LogP contribution in [0.1, 0.15) is 23.5 Å². The van der Waals surface area contributed by atoms with Gasteiger partial charge in [-0.3, -0.25) is 4.79 Å². The number of nitrogens with one attached hydrogen (secondary N) is 1. The number of benzene rings is 1. The zero-order chi connectivity index (χ0) is 19.2. The largest absolute Gasteiger partial charge is 0.480 e. The molecule has 1 aromatic carbocycles. The lowest BCUT2D eigenvalue weighted by Gasteiger charge is -2.14. The van der Waals surface area contributed by atoms with Crippen LogP contribution < -0.4 is 4.72 Å². The number of aryl methyl sites for hydroxylation is 1. The zero-order valence-electron chi connectivity index (χ0n) is 14.4. The number of rotatable bonds is 6. The second-order valence-corrected chi connectivity index (χ2v) is 9.58. The highest BCUT2D eigenvalue weighted by Gasteiger charge is 2.63. The summed E-state index contributed by atoms with van der Waals surface area (Å²) in [5, 5.41) is 14.5. The Hall–Kier alpha value is -2.49. The fraction of sp³-hybridized carbons (Fsp3) is 0.222. The molecule has 1 aliphatic rings. The summed E-state index contributed by atoms with van der Waals surface area (Å²) in [7, 11) is -3.98. The first kappa shape index (κ1) is 17.9. The summed E-state index contributed by atoms with van der Waals surface area (Å²) < 4.78 is 29.7. The molecule has 2 atom stereocenters. The lowest BCUT2D eigenvalue weighted by atomic mass is 10.1. The van der Waals surface area contributed by atoms with E-state index in [-0.39, 0.29) is 16.5 Å². The molecule has 0 bridgehead atoms. The average molecular weight is 403 g/mol. The summed E-state index contributed by atoms with van der Waals surface area (Å²) in [5.41, 5.74) is 0.257. The van der Waals surface area contributed by atoms with Gasteiger partial charge >= 0.3 is 5.97 Å². The van der Waals surface area contributed by atoms with Gasteiger partial charge in [0, 0.05) is 12.1 Å². The zero-order valence-corrected chi connectivity index (χ0v) is 16.0. The van der Waals surface area contributed by atoms with Crippen LogP contribution in [0.2, 0.25) is 0 Å². The Balaban J connectivity index is 1.61. The van der Waals surface area contributed by atoms with Gasteiger partial charge in [-0.1, -0.05) is 30.3 Å². The van der Waals surface area contributed by atoms with Crippen LogP contribution in [0.15, 0.2) is 59.1 Å². The van der Waals surface area contributed by atoms with Crippen molar-refractivity contribution in [3.05, 3.63) is 66.0 Å². The van der Waals surface area contributed by atoms with Crippen LogP contribution in [-0.2, 0) is 14.8 Å². The third-order valence-corrected chi connectivity index (χ3v) is 7.71. The number of carbonyl (C=O) groups is 1. The van der Waals surface area contributed by atoms with E-state index in [1.807, 2.05) is 37.3 Å². The molecular weight excluding hydrogens is 386 g/mol. The van der Waals surface area contributed by atoms with Crippen LogP contribution in [0.3, 0.4) is 0 Å². The van der Waals surface area contributed by atoms with Gasteiger partial charge in [0.15, 0.2) is 0 Å². The SMILES string of the molecule is Cc1cnn(-c2ccc(S(=O)(=O)N[C@@]3(C(=O)O)C[C@H]3c3ccccc3)s2)c1. The van der Waals surface area contributed by atoms with Crippen molar-refractivity contribution in [1.82, 2.24) is 14.5 Å². The second-order valence-electron chi connectivity index (χ2n) is 6.60. The molecular formula is C18H17N3O4S2. The summed E-state index contributed by atoms with van der Waals surface area (Å²) in [5.74, 6) is -1.56. The molecule has 0 spiro atoms. The van der Waals surface area contributed by atoms with Crippen molar-refractivity contribution in [2.45, 2.75) is 29.0 Å². The van der Waals surface area contributed by atoms with E-state index >= 15 is 0 Å². The molecule has 2 heterocycles. The fourth-order valence-corrected chi connectivity index (χ4v) is 5.78. The van der Waals surface area contributed by atoms with Crippen LogP contribution in [0.4, 0.5) is 0 Å². The van der Waals surface area contributed by atoms with E-state index in [0.717, 1.165) is 22.5 Å². The minimum atomic E-state index is -3.98. The Kier molecular flexibility index (Phi) is 4.17. The van der Waals surface area contributed by atoms with E-state index < -0.39 is 21.5 Å². The Morgan fingerprint density at radius 1 is 1.30 bits per heavy atom. The Labute approximate surface area is 160 Å². The van der Waals surface area contributed by atoms with E-state index in [2.05, 4.69) is 9.82 Å². The molecule has 1 aliphatic carbocycles. The molecule has 0 saturated heterocycles. The van der Waals surface area contributed by atoms with Gasteiger partial charge < -0.3 is 5.11 Å². The molecule has 0 radical (unpaired) electrons. The number of aromatic nitrogens is 2. The third-order valence-electron chi connectivity index (χ3n) is 4.63. The van der Waals surface area contributed by atoms with Crippen molar-refractivity contribution < 1.29 is 18.3 Å². The molecule has 1 fully saturated rings. The summed E-state index contributed by atoms with van der Waals surface area (Å²) >= 11 is 1.04. The molecule has 1 saturated carbocycles. The Morgan fingerprint density at radius 3 is 2.67 bits per heavy atom. The van der Waals surface area contributed by atoms with Crippen LogP contribution in [0.25, 0.3) is 5.00 Å². The lowest BCUT2D eigenvalue weighted by molar-refractivity contribution is -0.140. The topological polar surface area (TPSA) is 101 Å². The Bertz CT molecular complexity index is 1100. The van der Waals surface area contributed by atoms with Gasteiger partial charge in [0.05, 0.1) is 6.20 Å². The van der Waals surface area contributed by atoms with E-state index in [1.165, 1.54) is 6.07 Å². The summed E-state index contributed by atoms with van der Waals surface area (Å²) in [6.45, 7) is 1.89. The molecule has 2 aromatic heterocycles. The average Bonchev–Trinajstić information content (AvgIpc) is 2.98. The normalized spacial score (nSPS) is 21.9. The standard InChI is InChI=1S/C18H17N3O4S2/c1-12-10-19-21(11-12)15-7-8-16(26-15)27(24,25)20-18(17(22)23)9-14(18)13-5-3-2-4-6-13/h2-8,10-11,14,20H,9H2,1H3,(H,22,23)/t14-,18-/m0/s1. The molecule has 7 nitrogen and oxygen atoms in total. The summed E-state index contributed by atoms with van der Waals surface area (Å²) in [6.07, 6.45) is 3.70. The maximum atomic E-state index is 12.8. The van der Waals surface area contributed by atoms with Gasteiger partial charge in [-0.15, -0.1) is 11.3 Å². The van der Waals surface area contributed by atoms with Crippen LogP contribution in [0.5, 0.6) is 0 Å². The first-order chi connectivity index (χ1) is 12.8. The molecule has 2 N–H and O–H groups in total. The number of sulfonamides is 1. The number of hydrogen-bond acceptors (Lipinski definition) is 5. The quantitative estimate of drug-likeness (QED) is 0.659. The third kappa shape index (κ3) is 3.18. The van der Waals surface area contributed by atoms with E-state index in [1.54, 1.807) is 23.1 Å². The van der Waals surface area contributed by atoms with Crippen molar-refractivity contribution in [3.8, 4) is 5.00 Å². The number of hydrogen-bond donors (Lipinski definition) is 2. The van der Waals surface area contributed by atoms with Crippen molar-refractivity contribution in [1.29, 1.82) is 0 Å². The van der Waals surface area contributed by atoms with Gasteiger partial charge in [-0.2, -0.15) is 9.82 Å². The van der Waals surface area contributed by atoms with Crippen molar-refractivity contribution in [2.75, 3.05) is 0 Å². The first-order valence-electron chi connectivity index (χ1n) is 8.26. The van der Waals surface area contributed by atoms with Gasteiger partial charge in [0.2, 0.25) is 0 Å². The maximum Gasteiger partial charge on any atom is 0.325 e. The summed E-state index contributed by atoms with van der Waals surface area (Å²) in [6, 6.07) is 12.2. The van der Waals surface area contributed by atoms with E-state index in [0.29, 0.717) is 5.00 Å². The highest BCUT2D eigenvalue weighted by atomic mass is 32.2. The Morgan fingerprint density at radius 2 is 2.04 bits per heavy atom. The van der Waals surface area contributed by atoms with Crippen LogP contribution in [-0.4, -0.2) is 34.8 Å². The van der Waals surface area contributed by atoms with Gasteiger partial charge in [0.25, 0.3) is 10.0 Å². The smallest absolute Gasteiger partial charge is 0.325 e. The van der Waals surface area contributed by atoms with E-state index in [4.69, 9.17) is 0 Å². The molecule has 140 valence electrons. The molecule has 4 rings (SSSR count). The lowest BCUT2D eigenvalue weighted by Crippen LogP contribution is -2.44. The number of aliphatic carboxylic acids is 1. The highest BCUT2D eigenvalue weighted by Crippen LogP contribution is 2.52. The fourth-order valence-electron chi connectivity index (χ4n) is 3.14. The number of nitrogens with zero attached hydrogens (tertiary/aromatic N) is 2. The van der Waals surface area contributed by atoms with Crippen molar-refractivity contribution in [2.24, 2.45) is 0 Å². The van der Waals surface area contributed by atoms with E-state index in [9.17, 15) is 18.3 Å². The molecule has 3 aromatic rings. The van der Waals surface area contributed by atoms with Crippen LogP contribution >= 0.6 is 11.3 Å². The number of carboxylic acid groups (broad SMARTS) is 1. The molecule has 0 aliphatic heterocycles. The second kappa shape index (κ2) is 6.29. The van der Waals surface area contributed by atoms with Gasteiger partial charge in [-0.05, 0) is 36.6 Å². The number of carboxylic acids is 1. The number of thiophene rings is 1. The van der Waals surface area contributed by atoms with Gasteiger partial charge in [0.1, 0.15) is 14.7 Å². The molecule has 27 heavy (non-hydrogen) atoms. The molecule has 0 unspecified atom stereocenters. The molecule has 0 amide bonds. The van der Waals surface area contributed by atoms with Crippen molar-refractivity contribution in [3.63, 3.8) is 0 Å². The minimum Gasteiger partial charge on any atom is -0.480 e. The van der Waals surface area contributed by atoms with Gasteiger partial charge in [-0.25, -0.2) is 13.1 Å².